The number of hydrogen-bond acceptors (Lipinski definition) is 3. The summed E-state index contributed by atoms with van der Waals surface area (Å²) >= 11 is 1.82. The van der Waals surface area contributed by atoms with Crippen LogP contribution in [-0.2, 0) is 5.41 Å². The number of nitrogens with one attached hydrogen (secondary N) is 2. The second-order valence-corrected chi connectivity index (χ2v) is 7.92. The Bertz CT molecular complexity index is 963. The van der Waals surface area contributed by atoms with E-state index in [0.717, 1.165) is 29.8 Å². The van der Waals surface area contributed by atoms with Crippen molar-refractivity contribution in [3.8, 4) is 10.4 Å². The quantitative estimate of drug-likeness (QED) is 0.493. The summed E-state index contributed by atoms with van der Waals surface area (Å²) in [6, 6.07) is 8.85. The average molecular weight is 353 g/mol. The Hall–Kier alpha value is -2.11. The molecule has 1 saturated carbocycles. The minimum absolute atomic E-state index is 0.0360. The van der Waals surface area contributed by atoms with Gasteiger partial charge in [0.2, 0.25) is 0 Å². The predicted octanol–water partition coefficient (Wildman–Crippen LogP) is 3.82. The Morgan fingerprint density at radius 1 is 1.36 bits per heavy atom. The monoisotopic (exact) mass is 353 g/mol. The fourth-order valence-electron chi connectivity index (χ4n) is 3.51. The lowest BCUT2D eigenvalue weighted by Crippen LogP contribution is -2.18. The number of thiophene rings is 1. The zero-order valence-corrected chi connectivity index (χ0v) is 15.6. The molecule has 0 spiro atoms. The van der Waals surface area contributed by atoms with Crippen LogP contribution in [0, 0.1) is 6.92 Å². The molecule has 25 heavy (non-hydrogen) atoms. The van der Waals surface area contributed by atoms with E-state index in [9.17, 15) is 5.11 Å². The van der Waals surface area contributed by atoms with Gasteiger partial charge >= 0.3 is 0 Å². The summed E-state index contributed by atoms with van der Waals surface area (Å²) in [5, 5.41) is 14.0. The minimum atomic E-state index is 0.0360. The average Bonchev–Trinajstić information content (AvgIpc) is 3.08. The Morgan fingerprint density at radius 3 is 2.80 bits per heavy atom. The number of H-pyrrole nitrogens is 1. The van der Waals surface area contributed by atoms with E-state index in [4.69, 9.17) is 0 Å². The summed E-state index contributed by atoms with van der Waals surface area (Å²) in [7, 11) is 3.70. The summed E-state index contributed by atoms with van der Waals surface area (Å²) in [4.78, 5) is 10.3. The second-order valence-electron chi connectivity index (χ2n) is 6.84. The topological polar surface area (TPSA) is 60.4 Å². The highest BCUT2D eigenvalue weighted by atomic mass is 32.1. The van der Waals surface area contributed by atoms with Crippen LogP contribution < -0.4 is 5.32 Å². The molecular formula is C20H23N3OS. The minimum Gasteiger partial charge on any atom is -0.395 e. The van der Waals surface area contributed by atoms with E-state index < -0.39 is 0 Å². The molecule has 0 bridgehead atoms. The maximum atomic E-state index is 9.69. The molecule has 3 N–H and O–H groups in total. The lowest BCUT2D eigenvalue weighted by atomic mass is 10.0. The first kappa shape index (κ1) is 16.4. The molecule has 4 nitrogen and oxygen atoms in total. The Labute approximate surface area is 151 Å². The molecular weight excluding hydrogens is 330 g/mol. The molecule has 0 saturated heterocycles. The number of benzene rings is 1. The lowest BCUT2D eigenvalue weighted by Gasteiger charge is -2.09. The zero-order valence-electron chi connectivity index (χ0n) is 14.8. The predicted molar refractivity (Wildman–Crippen MR) is 106 cm³/mol. The first-order valence-electron chi connectivity index (χ1n) is 8.60. The van der Waals surface area contributed by atoms with E-state index in [2.05, 4.69) is 46.5 Å². The fraction of sp³-hybridized carbons (Fsp3) is 0.350. The third-order valence-corrected chi connectivity index (χ3v) is 6.66. The largest absolute Gasteiger partial charge is 0.395 e. The van der Waals surface area contributed by atoms with Crippen molar-refractivity contribution in [2.75, 3.05) is 20.7 Å². The molecule has 1 aliphatic rings. The number of aromatic nitrogens is 1. The number of rotatable bonds is 4. The number of hydrogen-bond donors (Lipinski definition) is 3. The van der Waals surface area contributed by atoms with Crippen molar-refractivity contribution in [3.63, 3.8) is 0 Å². The highest BCUT2D eigenvalue weighted by molar-refractivity contribution is 7.15. The third kappa shape index (κ3) is 2.58. The maximum Gasteiger partial charge on any atom is 0.129 e. The molecule has 130 valence electrons. The number of aliphatic hydroxyl groups is 1. The van der Waals surface area contributed by atoms with Gasteiger partial charge in [-0.05, 0) is 55.2 Å². The third-order valence-electron chi connectivity index (χ3n) is 5.29. The number of nitrogens with zero attached hydrogens (tertiary/aromatic N) is 1. The first-order chi connectivity index (χ1) is 12.1. The summed E-state index contributed by atoms with van der Waals surface area (Å²) < 4.78 is 0. The van der Waals surface area contributed by atoms with Gasteiger partial charge in [-0.1, -0.05) is 0 Å². The smallest absolute Gasteiger partial charge is 0.129 e. The van der Waals surface area contributed by atoms with Gasteiger partial charge in [0.05, 0.1) is 6.61 Å². The number of aromatic amines is 1. The van der Waals surface area contributed by atoms with Crippen molar-refractivity contribution in [3.05, 3.63) is 46.5 Å². The van der Waals surface area contributed by atoms with Gasteiger partial charge in [-0.3, -0.25) is 4.99 Å². The number of aliphatic hydroxyl groups excluding tert-OH is 1. The van der Waals surface area contributed by atoms with Crippen LogP contribution in [0.15, 0.2) is 35.5 Å². The summed E-state index contributed by atoms with van der Waals surface area (Å²) in [6.45, 7) is 2.41. The highest BCUT2D eigenvalue weighted by Gasteiger charge is 2.44. The first-order valence-corrected chi connectivity index (χ1v) is 9.42. The number of fused-ring (bicyclic) bond motifs is 1. The summed E-state index contributed by atoms with van der Waals surface area (Å²) in [6.07, 6.45) is 4.21. The van der Waals surface area contributed by atoms with Crippen molar-refractivity contribution in [2.45, 2.75) is 25.2 Å². The van der Waals surface area contributed by atoms with Gasteiger partial charge < -0.3 is 15.4 Å². The van der Waals surface area contributed by atoms with Crippen LogP contribution in [0.4, 0.5) is 0 Å². The summed E-state index contributed by atoms with van der Waals surface area (Å²) in [5.41, 5.74) is 4.76. The molecule has 0 aliphatic heterocycles. The van der Waals surface area contributed by atoms with Gasteiger partial charge in [0, 0.05) is 51.9 Å². The lowest BCUT2D eigenvalue weighted by molar-refractivity contribution is 0.257. The fourth-order valence-corrected chi connectivity index (χ4v) is 4.83. The van der Waals surface area contributed by atoms with Crippen LogP contribution in [0.1, 0.15) is 28.8 Å². The van der Waals surface area contributed by atoms with Crippen LogP contribution in [0.2, 0.25) is 0 Å². The second kappa shape index (κ2) is 6.00. The Morgan fingerprint density at radius 2 is 2.16 bits per heavy atom. The molecule has 2 aromatic heterocycles. The molecule has 2 heterocycles. The molecule has 1 fully saturated rings. The van der Waals surface area contributed by atoms with E-state index in [1.165, 1.54) is 26.3 Å². The van der Waals surface area contributed by atoms with E-state index in [0.29, 0.717) is 0 Å². The van der Waals surface area contributed by atoms with Crippen molar-refractivity contribution in [1.29, 1.82) is 0 Å². The van der Waals surface area contributed by atoms with Crippen LogP contribution in [0.3, 0.4) is 0 Å². The summed E-state index contributed by atoms with van der Waals surface area (Å²) in [5.74, 6) is 0.880. The van der Waals surface area contributed by atoms with Crippen molar-refractivity contribution < 1.29 is 5.11 Å². The molecule has 3 aromatic rings. The van der Waals surface area contributed by atoms with E-state index >= 15 is 0 Å². The maximum absolute atomic E-state index is 9.69. The van der Waals surface area contributed by atoms with Gasteiger partial charge in [-0.2, -0.15) is 0 Å². The SMILES string of the molecule is CN=C(NC)c1c[nH]c2cc(C)c(-c3ccc(C4(CO)CC4)s3)cc12. The molecule has 1 aliphatic carbocycles. The van der Waals surface area contributed by atoms with Gasteiger partial charge in [0.1, 0.15) is 5.84 Å². The van der Waals surface area contributed by atoms with E-state index in [1.54, 1.807) is 7.05 Å². The molecule has 5 heteroatoms. The molecule has 0 unspecified atom stereocenters. The van der Waals surface area contributed by atoms with Crippen molar-refractivity contribution >= 4 is 28.1 Å². The number of aryl methyl sites for hydroxylation is 1. The van der Waals surface area contributed by atoms with Crippen LogP contribution in [0.5, 0.6) is 0 Å². The highest BCUT2D eigenvalue weighted by Crippen LogP contribution is 2.51. The Balaban J connectivity index is 1.82. The molecule has 0 atom stereocenters. The van der Waals surface area contributed by atoms with Crippen LogP contribution >= 0.6 is 11.3 Å². The zero-order chi connectivity index (χ0) is 17.6. The van der Waals surface area contributed by atoms with Gasteiger partial charge in [0.15, 0.2) is 0 Å². The Kier molecular flexibility index (Phi) is 3.93. The molecule has 0 amide bonds. The molecule has 1 aromatic carbocycles. The van der Waals surface area contributed by atoms with Gasteiger partial charge in [-0.15, -0.1) is 11.3 Å². The van der Waals surface area contributed by atoms with Gasteiger partial charge in [-0.25, -0.2) is 0 Å². The van der Waals surface area contributed by atoms with Crippen LogP contribution in [0.25, 0.3) is 21.3 Å². The normalized spacial score (nSPS) is 16.4. The number of aliphatic imine (C=N–C) groups is 1. The standard InChI is InChI=1S/C20H23N3OS/c1-12-8-16-14(15(10-23-16)19(21-2)22-3)9-13(12)17-4-5-18(25-17)20(11-24)6-7-20/h4-5,8-10,23-24H,6-7,11H2,1-3H3,(H,21,22). The van der Waals surface area contributed by atoms with Crippen molar-refractivity contribution in [2.24, 2.45) is 4.99 Å². The van der Waals surface area contributed by atoms with Crippen molar-refractivity contribution in [1.82, 2.24) is 10.3 Å². The van der Waals surface area contributed by atoms with E-state index in [1.807, 2.05) is 24.6 Å². The number of amidine groups is 1. The van der Waals surface area contributed by atoms with Crippen LogP contribution in [-0.4, -0.2) is 36.6 Å². The molecule has 4 rings (SSSR count). The van der Waals surface area contributed by atoms with Gasteiger partial charge in [0.25, 0.3) is 0 Å². The molecule has 0 radical (unpaired) electrons. The van der Waals surface area contributed by atoms with E-state index in [-0.39, 0.29) is 12.0 Å².